The smallest absolute Gasteiger partial charge is 0.257 e. The van der Waals surface area contributed by atoms with E-state index in [9.17, 15) is 9.59 Å². The number of rotatable bonds is 4. The summed E-state index contributed by atoms with van der Waals surface area (Å²) < 4.78 is 0. The average Bonchev–Trinajstić information content (AvgIpc) is 2.77. The van der Waals surface area contributed by atoms with Crippen LogP contribution in [0.25, 0.3) is 0 Å². The number of aromatic nitrogens is 3. The van der Waals surface area contributed by atoms with Crippen LogP contribution in [0, 0.1) is 23.2 Å². The van der Waals surface area contributed by atoms with Gasteiger partial charge in [0.15, 0.2) is 0 Å². The molecule has 2 aromatic rings. The molecule has 4 fully saturated rings. The van der Waals surface area contributed by atoms with E-state index < -0.39 is 0 Å². The zero-order valence-electron chi connectivity index (χ0n) is 18.6. The summed E-state index contributed by atoms with van der Waals surface area (Å²) in [6, 6.07) is 3.39. The maximum atomic E-state index is 13.1. The predicted octanol–water partition coefficient (Wildman–Crippen LogP) is 4.27. The second-order valence-electron chi connectivity index (χ2n) is 10.6. The highest BCUT2D eigenvalue weighted by atomic mass is 35.5. The van der Waals surface area contributed by atoms with Crippen molar-refractivity contribution in [2.45, 2.75) is 57.9 Å². The van der Waals surface area contributed by atoms with Gasteiger partial charge in [0, 0.05) is 24.7 Å². The van der Waals surface area contributed by atoms with Crippen LogP contribution >= 0.6 is 11.6 Å². The summed E-state index contributed by atoms with van der Waals surface area (Å²) in [6.07, 6.45) is 12.0. The molecule has 0 aromatic carbocycles. The molecular formula is C25H28ClN5O2. The summed E-state index contributed by atoms with van der Waals surface area (Å²) in [5.41, 5.74) is 2.28. The Hall–Kier alpha value is -2.54. The van der Waals surface area contributed by atoms with Crippen molar-refractivity contribution in [3.8, 4) is 0 Å². The van der Waals surface area contributed by atoms with Crippen molar-refractivity contribution in [2.75, 3.05) is 11.9 Å². The molecule has 4 saturated carbocycles. The number of hydrogen-bond donors (Lipinski definition) is 1. The first kappa shape index (κ1) is 21.0. The molecule has 33 heavy (non-hydrogen) atoms. The minimum atomic E-state index is -0.162. The van der Waals surface area contributed by atoms with Gasteiger partial charge in [-0.3, -0.25) is 9.59 Å². The minimum absolute atomic E-state index is 0.0681. The molecular weight excluding hydrogens is 438 g/mol. The summed E-state index contributed by atoms with van der Waals surface area (Å²) >= 11 is 6.12. The van der Waals surface area contributed by atoms with E-state index in [1.165, 1.54) is 44.9 Å². The van der Waals surface area contributed by atoms with Crippen LogP contribution in [-0.2, 0) is 17.8 Å². The maximum Gasteiger partial charge on any atom is 0.257 e. The van der Waals surface area contributed by atoms with Crippen molar-refractivity contribution in [3.05, 3.63) is 46.6 Å². The van der Waals surface area contributed by atoms with Crippen LogP contribution in [0.5, 0.6) is 0 Å². The number of hydrogen-bond acceptors (Lipinski definition) is 5. The summed E-state index contributed by atoms with van der Waals surface area (Å²) in [4.78, 5) is 40.6. The van der Waals surface area contributed by atoms with Gasteiger partial charge in [-0.05, 0) is 80.2 Å². The first-order valence-electron chi connectivity index (χ1n) is 12.0. The SMILES string of the molecule is O=C(CC12CC3CC(CC(C3)C1)C2)Nc1ncnc2c1CCN(C(=O)c1cccnc1Cl)C2. The third-order valence-corrected chi connectivity index (χ3v) is 8.54. The van der Waals surface area contributed by atoms with Crippen LogP contribution in [0.2, 0.25) is 5.15 Å². The highest BCUT2D eigenvalue weighted by molar-refractivity contribution is 6.32. The summed E-state index contributed by atoms with van der Waals surface area (Å²) in [5, 5.41) is 3.31. The minimum Gasteiger partial charge on any atom is -0.332 e. The number of anilines is 1. The van der Waals surface area contributed by atoms with Gasteiger partial charge in [-0.25, -0.2) is 15.0 Å². The Morgan fingerprint density at radius 1 is 1.09 bits per heavy atom. The molecule has 0 saturated heterocycles. The molecule has 1 N–H and O–H groups in total. The van der Waals surface area contributed by atoms with E-state index >= 15 is 0 Å². The molecule has 7 rings (SSSR count). The molecule has 0 spiro atoms. The van der Waals surface area contributed by atoms with Gasteiger partial charge < -0.3 is 10.2 Å². The van der Waals surface area contributed by atoms with E-state index in [1.54, 1.807) is 23.2 Å². The molecule has 4 aliphatic carbocycles. The van der Waals surface area contributed by atoms with Crippen molar-refractivity contribution < 1.29 is 9.59 Å². The molecule has 3 heterocycles. The number of carbonyl (C=O) groups excluding carboxylic acids is 2. The van der Waals surface area contributed by atoms with Gasteiger partial charge in [-0.1, -0.05) is 11.6 Å². The molecule has 172 valence electrons. The molecule has 0 atom stereocenters. The monoisotopic (exact) mass is 465 g/mol. The van der Waals surface area contributed by atoms with Crippen LogP contribution in [-0.4, -0.2) is 38.2 Å². The van der Waals surface area contributed by atoms with Gasteiger partial charge in [-0.15, -0.1) is 0 Å². The van der Waals surface area contributed by atoms with Gasteiger partial charge in [0.1, 0.15) is 17.3 Å². The molecule has 1 aliphatic heterocycles. The van der Waals surface area contributed by atoms with Crippen molar-refractivity contribution in [2.24, 2.45) is 23.2 Å². The number of nitrogens with one attached hydrogen (secondary N) is 1. The predicted molar refractivity (Wildman–Crippen MR) is 124 cm³/mol. The van der Waals surface area contributed by atoms with Crippen LogP contribution < -0.4 is 5.32 Å². The Bertz CT molecular complexity index is 1080. The van der Waals surface area contributed by atoms with Gasteiger partial charge in [0.05, 0.1) is 17.8 Å². The molecule has 2 amide bonds. The standard InChI is InChI=1S/C25H28ClN5O2/c26-22-19(2-1-4-27-22)24(33)31-5-3-18-20(13-31)28-14-29-23(18)30-21(32)12-25-9-15-6-16(10-25)8-17(7-15)11-25/h1-2,4,14-17H,3,5-13H2,(H,28,29,30,32). The highest BCUT2D eigenvalue weighted by Gasteiger charge is 2.51. The molecule has 0 unspecified atom stereocenters. The van der Waals surface area contributed by atoms with Crippen molar-refractivity contribution in [3.63, 3.8) is 0 Å². The van der Waals surface area contributed by atoms with Crippen LogP contribution in [0.1, 0.15) is 66.6 Å². The lowest BCUT2D eigenvalue weighted by molar-refractivity contribution is -0.124. The van der Waals surface area contributed by atoms with Gasteiger partial charge in [0.25, 0.3) is 5.91 Å². The van der Waals surface area contributed by atoms with Gasteiger partial charge in [0.2, 0.25) is 5.91 Å². The third-order valence-electron chi connectivity index (χ3n) is 8.24. The normalized spacial score (nSPS) is 29.6. The molecule has 5 aliphatic rings. The topological polar surface area (TPSA) is 88.1 Å². The first-order chi connectivity index (χ1) is 16.0. The Morgan fingerprint density at radius 3 is 2.52 bits per heavy atom. The number of fused-ring (bicyclic) bond motifs is 1. The maximum absolute atomic E-state index is 13.1. The van der Waals surface area contributed by atoms with Crippen molar-refractivity contribution >= 4 is 29.2 Å². The fourth-order valence-electron chi connectivity index (χ4n) is 7.37. The number of halogens is 1. The van der Waals surface area contributed by atoms with Crippen LogP contribution in [0.4, 0.5) is 5.82 Å². The quantitative estimate of drug-likeness (QED) is 0.681. The molecule has 0 radical (unpaired) electrons. The van der Waals surface area contributed by atoms with Crippen LogP contribution in [0.3, 0.4) is 0 Å². The summed E-state index contributed by atoms with van der Waals surface area (Å²) in [6.45, 7) is 0.877. The zero-order valence-corrected chi connectivity index (χ0v) is 19.4. The zero-order chi connectivity index (χ0) is 22.6. The van der Waals surface area contributed by atoms with Crippen LogP contribution in [0.15, 0.2) is 24.7 Å². The van der Waals surface area contributed by atoms with Gasteiger partial charge >= 0.3 is 0 Å². The van der Waals surface area contributed by atoms with E-state index in [4.69, 9.17) is 11.6 Å². The number of pyridine rings is 1. The molecule has 8 heteroatoms. The molecule has 7 nitrogen and oxygen atoms in total. The van der Waals surface area contributed by atoms with E-state index in [1.807, 2.05) is 0 Å². The Morgan fingerprint density at radius 2 is 1.82 bits per heavy atom. The second-order valence-corrected chi connectivity index (χ2v) is 11.0. The van der Waals surface area contributed by atoms with Crippen molar-refractivity contribution in [1.29, 1.82) is 0 Å². The Kier molecular flexibility index (Phi) is 5.13. The number of amides is 2. The van der Waals surface area contributed by atoms with Gasteiger partial charge in [-0.2, -0.15) is 0 Å². The Balaban J connectivity index is 1.15. The largest absolute Gasteiger partial charge is 0.332 e. The first-order valence-corrected chi connectivity index (χ1v) is 12.4. The lowest BCUT2D eigenvalue weighted by Gasteiger charge is -2.56. The van der Waals surface area contributed by atoms with Crippen molar-refractivity contribution in [1.82, 2.24) is 19.9 Å². The summed E-state index contributed by atoms with van der Waals surface area (Å²) in [7, 11) is 0. The lowest BCUT2D eigenvalue weighted by atomic mass is 9.49. The summed E-state index contributed by atoms with van der Waals surface area (Å²) in [5.74, 6) is 2.98. The fourth-order valence-corrected chi connectivity index (χ4v) is 7.57. The third kappa shape index (κ3) is 3.90. The van der Waals surface area contributed by atoms with E-state index in [0.29, 0.717) is 37.3 Å². The Labute approximate surface area is 198 Å². The van der Waals surface area contributed by atoms with E-state index in [2.05, 4.69) is 20.3 Å². The second kappa shape index (κ2) is 8.05. The van der Waals surface area contributed by atoms with E-state index in [-0.39, 0.29) is 22.4 Å². The lowest BCUT2D eigenvalue weighted by Crippen LogP contribution is -2.47. The highest BCUT2D eigenvalue weighted by Crippen LogP contribution is 2.61. The fraction of sp³-hybridized carbons (Fsp3) is 0.560. The number of nitrogens with zero attached hydrogens (tertiary/aromatic N) is 4. The average molecular weight is 466 g/mol. The van der Waals surface area contributed by atoms with E-state index in [0.717, 1.165) is 29.0 Å². The number of carbonyl (C=O) groups is 2. The molecule has 4 bridgehead atoms. The molecule has 2 aromatic heterocycles.